The van der Waals surface area contributed by atoms with Crippen LogP contribution in [0.3, 0.4) is 0 Å². The fourth-order valence-electron chi connectivity index (χ4n) is 3.22. The molecule has 1 N–H and O–H groups in total. The molecule has 2 saturated heterocycles. The van der Waals surface area contributed by atoms with Gasteiger partial charge in [0.1, 0.15) is 6.04 Å². The molecule has 0 spiro atoms. The quantitative estimate of drug-likeness (QED) is 0.820. The summed E-state index contributed by atoms with van der Waals surface area (Å²) in [5, 5.41) is 7.19. The zero-order valence-electron chi connectivity index (χ0n) is 15.1. The van der Waals surface area contributed by atoms with Crippen LogP contribution in [0.25, 0.3) is 0 Å². The van der Waals surface area contributed by atoms with E-state index in [-0.39, 0.29) is 23.8 Å². The fourth-order valence-corrected chi connectivity index (χ4v) is 3.22. The van der Waals surface area contributed by atoms with E-state index >= 15 is 0 Å². The normalized spacial score (nSPS) is 21.4. The summed E-state index contributed by atoms with van der Waals surface area (Å²) in [4.78, 5) is 19.2. The molecular formula is C17H28N4O4. The number of morpholine rings is 1. The lowest BCUT2D eigenvalue weighted by molar-refractivity contribution is -0.125. The van der Waals surface area contributed by atoms with Gasteiger partial charge in [-0.3, -0.25) is 9.69 Å². The Kier molecular flexibility index (Phi) is 6.39. The van der Waals surface area contributed by atoms with Gasteiger partial charge in [0.05, 0.1) is 19.8 Å². The molecule has 1 aromatic rings. The van der Waals surface area contributed by atoms with Crippen LogP contribution in [-0.4, -0.2) is 67.0 Å². The second kappa shape index (κ2) is 8.73. The number of hydrogen-bond acceptors (Lipinski definition) is 7. The minimum atomic E-state index is -0.252. The Balaban J connectivity index is 1.67. The maximum Gasteiger partial charge on any atom is 0.249 e. The van der Waals surface area contributed by atoms with Crippen molar-refractivity contribution < 1.29 is 18.8 Å². The predicted octanol–water partition coefficient (Wildman–Crippen LogP) is 1.11. The van der Waals surface area contributed by atoms with Gasteiger partial charge >= 0.3 is 0 Å². The number of carbonyl (C=O) groups excluding carboxylic acids is 1. The van der Waals surface area contributed by atoms with Gasteiger partial charge in [-0.1, -0.05) is 19.0 Å². The number of amides is 1. The van der Waals surface area contributed by atoms with Crippen molar-refractivity contribution in [2.45, 2.75) is 38.6 Å². The van der Waals surface area contributed by atoms with Gasteiger partial charge in [-0.05, 0) is 18.8 Å². The lowest BCUT2D eigenvalue weighted by Crippen LogP contribution is -2.45. The first-order valence-corrected chi connectivity index (χ1v) is 9.14. The molecule has 8 heteroatoms. The van der Waals surface area contributed by atoms with Crippen LogP contribution >= 0.6 is 0 Å². The van der Waals surface area contributed by atoms with Gasteiger partial charge in [-0.2, -0.15) is 4.98 Å². The third-order valence-electron chi connectivity index (χ3n) is 4.76. The number of aromatic nitrogens is 2. The van der Waals surface area contributed by atoms with Crippen LogP contribution in [0.1, 0.15) is 50.4 Å². The van der Waals surface area contributed by atoms with Crippen molar-refractivity contribution in [2.24, 2.45) is 5.92 Å². The SMILES string of the molecule is CC(C)c1noc(C(NC(=O)CN2CCOCC2)C2CCOCC2)n1. The average molecular weight is 352 g/mol. The van der Waals surface area contributed by atoms with Crippen molar-refractivity contribution in [3.8, 4) is 0 Å². The highest BCUT2D eigenvalue weighted by Gasteiger charge is 2.32. The van der Waals surface area contributed by atoms with E-state index in [0.717, 1.165) is 25.9 Å². The van der Waals surface area contributed by atoms with Gasteiger partial charge in [-0.25, -0.2) is 0 Å². The Bertz CT molecular complexity index is 551. The standard InChI is InChI=1S/C17H28N4O4/c1-12(2)16-19-17(25-20-16)15(13-3-7-23-8-4-13)18-14(22)11-21-5-9-24-10-6-21/h12-13,15H,3-11H2,1-2H3,(H,18,22). The van der Waals surface area contributed by atoms with E-state index in [9.17, 15) is 4.79 Å². The van der Waals surface area contributed by atoms with Crippen molar-refractivity contribution in [1.82, 2.24) is 20.4 Å². The summed E-state index contributed by atoms with van der Waals surface area (Å²) in [7, 11) is 0. The second-order valence-electron chi connectivity index (χ2n) is 7.03. The molecule has 8 nitrogen and oxygen atoms in total. The van der Waals surface area contributed by atoms with E-state index in [1.807, 2.05) is 13.8 Å². The summed E-state index contributed by atoms with van der Waals surface area (Å²) in [5.74, 6) is 1.61. The van der Waals surface area contributed by atoms with Crippen molar-refractivity contribution in [3.63, 3.8) is 0 Å². The lowest BCUT2D eigenvalue weighted by atomic mass is 9.91. The molecule has 3 rings (SSSR count). The van der Waals surface area contributed by atoms with Gasteiger partial charge in [0.25, 0.3) is 0 Å². The predicted molar refractivity (Wildman–Crippen MR) is 90.1 cm³/mol. The summed E-state index contributed by atoms with van der Waals surface area (Å²) in [6.07, 6.45) is 1.75. The summed E-state index contributed by atoms with van der Waals surface area (Å²) in [6.45, 7) is 8.74. The number of hydrogen-bond donors (Lipinski definition) is 1. The molecule has 0 saturated carbocycles. The van der Waals surface area contributed by atoms with Crippen molar-refractivity contribution in [2.75, 3.05) is 46.1 Å². The van der Waals surface area contributed by atoms with E-state index in [0.29, 0.717) is 44.7 Å². The molecule has 0 radical (unpaired) electrons. The summed E-state index contributed by atoms with van der Waals surface area (Å²) in [5.41, 5.74) is 0. The number of ether oxygens (including phenoxy) is 2. The summed E-state index contributed by atoms with van der Waals surface area (Å²) < 4.78 is 16.3. The molecule has 1 atom stereocenters. The highest BCUT2D eigenvalue weighted by molar-refractivity contribution is 5.78. The minimum Gasteiger partial charge on any atom is -0.381 e. The average Bonchev–Trinajstić information content (AvgIpc) is 3.11. The van der Waals surface area contributed by atoms with Gasteiger partial charge < -0.3 is 19.3 Å². The second-order valence-corrected chi connectivity index (χ2v) is 7.03. The van der Waals surface area contributed by atoms with E-state index in [1.165, 1.54) is 0 Å². The lowest BCUT2D eigenvalue weighted by Gasteiger charge is -2.30. The van der Waals surface area contributed by atoms with Crippen molar-refractivity contribution >= 4 is 5.91 Å². The summed E-state index contributed by atoms with van der Waals surface area (Å²) in [6, 6.07) is -0.252. The molecule has 0 aromatic carbocycles. The van der Waals surface area contributed by atoms with Crippen LogP contribution < -0.4 is 5.32 Å². The topological polar surface area (TPSA) is 89.7 Å². The third kappa shape index (κ3) is 4.99. The first-order valence-electron chi connectivity index (χ1n) is 9.14. The monoisotopic (exact) mass is 352 g/mol. The fraction of sp³-hybridized carbons (Fsp3) is 0.824. The van der Waals surface area contributed by atoms with Crippen LogP contribution in [0.2, 0.25) is 0 Å². The van der Waals surface area contributed by atoms with Crippen molar-refractivity contribution in [1.29, 1.82) is 0 Å². The molecule has 0 bridgehead atoms. The number of nitrogens with one attached hydrogen (secondary N) is 1. The molecule has 140 valence electrons. The molecule has 2 aliphatic heterocycles. The maximum atomic E-state index is 12.6. The first-order chi connectivity index (χ1) is 12.1. The van der Waals surface area contributed by atoms with Crippen LogP contribution in [0.15, 0.2) is 4.52 Å². The molecule has 0 aliphatic carbocycles. The van der Waals surface area contributed by atoms with E-state index in [1.54, 1.807) is 0 Å². The molecule has 25 heavy (non-hydrogen) atoms. The summed E-state index contributed by atoms with van der Waals surface area (Å²) >= 11 is 0. The molecule has 1 unspecified atom stereocenters. The van der Waals surface area contributed by atoms with E-state index in [4.69, 9.17) is 14.0 Å². The molecule has 3 heterocycles. The number of nitrogens with zero attached hydrogens (tertiary/aromatic N) is 3. The Labute approximate surface area is 148 Å². The smallest absolute Gasteiger partial charge is 0.249 e. The Morgan fingerprint density at radius 1 is 1.20 bits per heavy atom. The van der Waals surface area contributed by atoms with Gasteiger partial charge in [-0.15, -0.1) is 0 Å². The zero-order valence-corrected chi connectivity index (χ0v) is 15.1. The Morgan fingerprint density at radius 3 is 2.52 bits per heavy atom. The maximum absolute atomic E-state index is 12.6. The highest BCUT2D eigenvalue weighted by Crippen LogP contribution is 2.30. The Morgan fingerprint density at radius 2 is 1.88 bits per heavy atom. The molecule has 1 aromatic heterocycles. The van der Waals surface area contributed by atoms with Crippen molar-refractivity contribution in [3.05, 3.63) is 11.7 Å². The highest BCUT2D eigenvalue weighted by atomic mass is 16.5. The minimum absolute atomic E-state index is 0.0114. The van der Waals surface area contributed by atoms with Crippen LogP contribution in [0.4, 0.5) is 0 Å². The zero-order chi connectivity index (χ0) is 17.6. The third-order valence-corrected chi connectivity index (χ3v) is 4.76. The number of carbonyl (C=O) groups is 1. The molecule has 2 fully saturated rings. The van der Waals surface area contributed by atoms with Crippen LogP contribution in [0.5, 0.6) is 0 Å². The van der Waals surface area contributed by atoms with Gasteiger partial charge in [0.2, 0.25) is 11.8 Å². The van der Waals surface area contributed by atoms with Crippen LogP contribution in [0, 0.1) is 5.92 Å². The largest absolute Gasteiger partial charge is 0.381 e. The van der Waals surface area contributed by atoms with Crippen LogP contribution in [-0.2, 0) is 14.3 Å². The number of rotatable bonds is 6. The van der Waals surface area contributed by atoms with Gasteiger partial charge in [0, 0.05) is 32.2 Å². The van der Waals surface area contributed by atoms with E-state index < -0.39 is 0 Å². The Hall–Kier alpha value is -1.51. The molecule has 2 aliphatic rings. The molecule has 1 amide bonds. The first kappa shape index (κ1) is 18.3. The van der Waals surface area contributed by atoms with E-state index in [2.05, 4.69) is 20.4 Å². The molecular weight excluding hydrogens is 324 g/mol. The van der Waals surface area contributed by atoms with Gasteiger partial charge in [0.15, 0.2) is 5.82 Å².